The van der Waals surface area contributed by atoms with E-state index in [9.17, 15) is 13.6 Å². The van der Waals surface area contributed by atoms with Crippen molar-refractivity contribution < 1.29 is 13.6 Å². The highest BCUT2D eigenvalue weighted by molar-refractivity contribution is 5.78. The first-order chi connectivity index (χ1) is 20.4. The summed E-state index contributed by atoms with van der Waals surface area (Å²) in [6, 6.07) is 3.89. The summed E-state index contributed by atoms with van der Waals surface area (Å²) in [6.45, 7) is 8.83. The van der Waals surface area contributed by atoms with Gasteiger partial charge in [0.2, 0.25) is 5.91 Å². The number of aromatic nitrogens is 4. The van der Waals surface area contributed by atoms with Crippen LogP contribution in [0.15, 0.2) is 24.5 Å². The molecule has 0 atom stereocenters. The van der Waals surface area contributed by atoms with Crippen LogP contribution in [-0.2, 0) is 31.2 Å². The van der Waals surface area contributed by atoms with Gasteiger partial charge in [0.05, 0.1) is 18.8 Å². The highest BCUT2D eigenvalue weighted by atomic mass is 19.3. The molecule has 0 spiro atoms. The zero-order chi connectivity index (χ0) is 29.0. The van der Waals surface area contributed by atoms with Crippen LogP contribution in [-0.4, -0.2) is 81.1 Å². The third-order valence-corrected chi connectivity index (χ3v) is 9.65. The third-order valence-electron chi connectivity index (χ3n) is 9.65. The molecule has 4 aliphatic rings. The number of alkyl halides is 2. The minimum atomic E-state index is -2.62. The molecule has 1 aromatic carbocycles. The Kier molecular flexibility index (Phi) is 7.26. The third kappa shape index (κ3) is 5.00. The molecule has 1 N–H and O–H groups in total. The van der Waals surface area contributed by atoms with Gasteiger partial charge in [0.1, 0.15) is 0 Å². The number of amides is 1. The van der Waals surface area contributed by atoms with E-state index in [1.54, 1.807) is 37.1 Å². The number of piperidine rings is 1. The number of benzene rings is 1. The predicted molar refractivity (Wildman–Crippen MR) is 157 cm³/mol. The second-order valence-corrected chi connectivity index (χ2v) is 12.5. The van der Waals surface area contributed by atoms with Crippen LogP contribution < -0.4 is 10.2 Å². The number of carbonyl (C=O) groups excluding carboxylic acids is 1. The number of aryl methyl sites for hydroxylation is 2. The summed E-state index contributed by atoms with van der Waals surface area (Å²) in [6.07, 6.45) is 5.77. The molecule has 7 rings (SSSR count). The Hall–Kier alpha value is -3.31. The molecule has 0 saturated carbocycles. The molecule has 4 aliphatic heterocycles. The van der Waals surface area contributed by atoms with Gasteiger partial charge in [-0.15, -0.1) is 0 Å². The monoisotopic (exact) mass is 578 g/mol. The molecule has 2 aromatic heterocycles. The average molecular weight is 579 g/mol. The molecule has 2 fully saturated rings. The van der Waals surface area contributed by atoms with E-state index in [4.69, 9.17) is 5.10 Å². The molecule has 2 saturated heterocycles. The van der Waals surface area contributed by atoms with E-state index in [1.807, 2.05) is 11.0 Å². The number of rotatable bonds is 6. The van der Waals surface area contributed by atoms with Crippen molar-refractivity contribution in [2.24, 2.45) is 13.0 Å². The van der Waals surface area contributed by atoms with Gasteiger partial charge in [0.25, 0.3) is 6.43 Å². The van der Waals surface area contributed by atoms with Gasteiger partial charge in [-0.05, 0) is 68.0 Å². The van der Waals surface area contributed by atoms with Crippen molar-refractivity contribution in [3.63, 3.8) is 0 Å². The fourth-order valence-electron chi connectivity index (χ4n) is 7.35. The van der Waals surface area contributed by atoms with E-state index in [0.29, 0.717) is 36.8 Å². The molecule has 11 heteroatoms. The SMILES string of the molecule is CC(=O)N1CCc2c(c(N3CCCc4cc(-c5cnn(C)c5)c(C(F)F)cc43)nn2C2CN(CC3CCNCC3)C2)C1. The summed E-state index contributed by atoms with van der Waals surface area (Å²) < 4.78 is 32.8. The van der Waals surface area contributed by atoms with Crippen LogP contribution in [0.2, 0.25) is 0 Å². The van der Waals surface area contributed by atoms with Crippen LogP contribution in [0.4, 0.5) is 20.3 Å². The van der Waals surface area contributed by atoms with Gasteiger partial charge in [-0.1, -0.05) is 0 Å². The van der Waals surface area contributed by atoms with E-state index in [0.717, 1.165) is 80.5 Å². The summed E-state index contributed by atoms with van der Waals surface area (Å²) in [5.74, 6) is 1.63. The molecule has 1 amide bonds. The largest absolute Gasteiger partial charge is 0.338 e. The number of anilines is 2. The average Bonchev–Trinajstić information content (AvgIpc) is 3.57. The summed E-state index contributed by atoms with van der Waals surface area (Å²) in [7, 11) is 1.80. The van der Waals surface area contributed by atoms with Crippen LogP contribution in [0.5, 0.6) is 0 Å². The Morgan fingerprint density at radius 1 is 1.14 bits per heavy atom. The normalized spacial score (nSPS) is 20.1. The minimum Gasteiger partial charge on any atom is -0.338 e. The summed E-state index contributed by atoms with van der Waals surface area (Å²) in [4.78, 5) is 19.0. The maximum Gasteiger partial charge on any atom is 0.264 e. The van der Waals surface area contributed by atoms with Gasteiger partial charge in [0, 0.05) is 87.4 Å². The van der Waals surface area contributed by atoms with Crippen molar-refractivity contribution in [3.05, 3.63) is 46.9 Å². The van der Waals surface area contributed by atoms with Crippen molar-refractivity contribution >= 4 is 17.4 Å². The van der Waals surface area contributed by atoms with Crippen LogP contribution in [0.1, 0.15) is 61.0 Å². The number of carbonyl (C=O) groups is 1. The van der Waals surface area contributed by atoms with Crippen molar-refractivity contribution in [1.29, 1.82) is 0 Å². The zero-order valence-electron chi connectivity index (χ0n) is 24.5. The minimum absolute atomic E-state index is 0.0138. The predicted octanol–water partition coefficient (Wildman–Crippen LogP) is 4.07. The van der Waals surface area contributed by atoms with Gasteiger partial charge >= 0.3 is 0 Å². The Labute approximate surface area is 245 Å². The first kappa shape index (κ1) is 27.5. The number of nitrogens with one attached hydrogen (secondary N) is 1. The lowest BCUT2D eigenvalue weighted by Gasteiger charge is -2.42. The van der Waals surface area contributed by atoms with Gasteiger partial charge in [0.15, 0.2) is 5.82 Å². The molecular formula is C31H40F2N8O. The van der Waals surface area contributed by atoms with Gasteiger partial charge in [-0.25, -0.2) is 8.78 Å². The van der Waals surface area contributed by atoms with Crippen molar-refractivity contribution in [3.8, 4) is 11.1 Å². The summed E-state index contributed by atoms with van der Waals surface area (Å²) >= 11 is 0. The van der Waals surface area contributed by atoms with Crippen molar-refractivity contribution in [1.82, 2.24) is 34.7 Å². The lowest BCUT2D eigenvalue weighted by atomic mass is 9.92. The molecule has 0 bridgehead atoms. The van der Waals surface area contributed by atoms with Crippen LogP contribution in [0.25, 0.3) is 11.1 Å². The topological polar surface area (TPSA) is 74.5 Å². The van der Waals surface area contributed by atoms with E-state index in [-0.39, 0.29) is 11.5 Å². The van der Waals surface area contributed by atoms with E-state index >= 15 is 0 Å². The van der Waals surface area contributed by atoms with E-state index < -0.39 is 6.43 Å². The number of halogens is 2. The maximum atomic E-state index is 14.5. The number of likely N-dealkylation sites (tertiary alicyclic amines) is 1. The molecule has 42 heavy (non-hydrogen) atoms. The smallest absolute Gasteiger partial charge is 0.264 e. The molecule has 0 aliphatic carbocycles. The fraction of sp³-hybridized carbons (Fsp3) is 0.581. The van der Waals surface area contributed by atoms with Gasteiger partial charge < -0.3 is 15.1 Å². The van der Waals surface area contributed by atoms with Gasteiger partial charge in [-0.3, -0.25) is 19.1 Å². The molecular weight excluding hydrogens is 538 g/mol. The van der Waals surface area contributed by atoms with E-state index in [2.05, 4.69) is 24.9 Å². The standard InChI is InChI=1S/C31H40F2N8O/c1-20(42)39-11-7-28-27(19-39)31(36-41(28)24-17-38(18-24)15-21-5-8-34-9-6-21)40-10-3-4-22-12-25(23-14-35-37(2)16-23)26(30(32)33)13-29(22)40/h12-14,16,21,24,30,34H,3-11,15,17-19H2,1-2H3. The summed E-state index contributed by atoms with van der Waals surface area (Å²) in [5.41, 5.74) is 5.36. The quantitative estimate of drug-likeness (QED) is 0.476. The summed E-state index contributed by atoms with van der Waals surface area (Å²) in [5, 5.41) is 12.9. The Bertz CT molecular complexity index is 1470. The second kappa shape index (κ2) is 11.1. The molecule has 3 aromatic rings. The highest BCUT2D eigenvalue weighted by Crippen LogP contribution is 2.43. The molecule has 0 radical (unpaired) electrons. The number of fused-ring (bicyclic) bond motifs is 2. The highest BCUT2D eigenvalue weighted by Gasteiger charge is 2.37. The number of hydrogen-bond acceptors (Lipinski definition) is 6. The molecule has 9 nitrogen and oxygen atoms in total. The molecule has 6 heterocycles. The molecule has 224 valence electrons. The Morgan fingerprint density at radius 2 is 1.95 bits per heavy atom. The Balaban J connectivity index is 1.23. The van der Waals surface area contributed by atoms with Crippen LogP contribution >= 0.6 is 0 Å². The van der Waals surface area contributed by atoms with Gasteiger partial charge in [-0.2, -0.15) is 10.2 Å². The zero-order valence-corrected chi connectivity index (χ0v) is 24.5. The maximum absolute atomic E-state index is 14.5. The van der Waals surface area contributed by atoms with Crippen molar-refractivity contribution in [2.45, 2.75) is 58.0 Å². The number of hydrogen-bond donors (Lipinski definition) is 1. The lowest BCUT2D eigenvalue weighted by Crippen LogP contribution is -2.51. The first-order valence-electron chi connectivity index (χ1n) is 15.4. The number of nitrogens with zero attached hydrogens (tertiary/aromatic N) is 7. The second-order valence-electron chi connectivity index (χ2n) is 12.5. The Morgan fingerprint density at radius 3 is 2.67 bits per heavy atom. The van der Waals surface area contributed by atoms with Crippen molar-refractivity contribution in [2.75, 3.05) is 50.7 Å². The molecule has 0 unspecified atom stereocenters. The lowest BCUT2D eigenvalue weighted by molar-refractivity contribution is -0.129. The first-order valence-corrected chi connectivity index (χ1v) is 15.4. The van der Waals surface area contributed by atoms with Crippen LogP contribution in [0, 0.1) is 5.92 Å². The van der Waals surface area contributed by atoms with E-state index in [1.165, 1.54) is 18.5 Å². The van der Waals surface area contributed by atoms with Crippen LogP contribution in [0.3, 0.4) is 0 Å². The fourth-order valence-corrected chi connectivity index (χ4v) is 7.35.